The van der Waals surface area contributed by atoms with Gasteiger partial charge >= 0.3 is 0 Å². The van der Waals surface area contributed by atoms with E-state index in [0.29, 0.717) is 24.0 Å². The molecule has 0 saturated heterocycles. The number of carbonyl (C=O) groups is 1. The van der Waals surface area contributed by atoms with Crippen LogP contribution in [0.2, 0.25) is 0 Å². The summed E-state index contributed by atoms with van der Waals surface area (Å²) in [5, 5.41) is 20.3. The summed E-state index contributed by atoms with van der Waals surface area (Å²) in [6.07, 6.45) is 6.19. The SMILES string of the molecule is O=C1C=CCCc2ccc(O)c(c2)-c2cc(ccc2O)CC1. The Morgan fingerprint density at radius 3 is 2.00 bits per heavy atom. The molecule has 4 bridgehead atoms. The van der Waals surface area contributed by atoms with E-state index < -0.39 is 0 Å². The van der Waals surface area contributed by atoms with Gasteiger partial charge in [-0.2, -0.15) is 0 Å². The lowest BCUT2D eigenvalue weighted by molar-refractivity contribution is -0.114. The van der Waals surface area contributed by atoms with Crippen molar-refractivity contribution >= 4 is 5.78 Å². The molecule has 0 saturated carbocycles. The van der Waals surface area contributed by atoms with Crippen LogP contribution < -0.4 is 0 Å². The number of phenols is 2. The van der Waals surface area contributed by atoms with E-state index in [1.54, 1.807) is 18.2 Å². The van der Waals surface area contributed by atoms with Crippen molar-refractivity contribution in [2.45, 2.75) is 25.7 Å². The molecule has 0 unspecified atom stereocenters. The molecule has 0 fully saturated rings. The van der Waals surface area contributed by atoms with Crippen LogP contribution in [0, 0.1) is 0 Å². The van der Waals surface area contributed by atoms with Gasteiger partial charge < -0.3 is 10.2 Å². The molecule has 0 aliphatic heterocycles. The second-order valence-corrected chi connectivity index (χ2v) is 5.61. The first-order valence-corrected chi connectivity index (χ1v) is 7.47. The maximum atomic E-state index is 11.8. The van der Waals surface area contributed by atoms with Gasteiger partial charge in [0.2, 0.25) is 0 Å². The minimum atomic E-state index is 0.114. The Morgan fingerprint density at radius 2 is 1.36 bits per heavy atom. The zero-order chi connectivity index (χ0) is 15.5. The van der Waals surface area contributed by atoms with Crippen LogP contribution in [0.25, 0.3) is 11.1 Å². The normalized spacial score (nSPS) is 14.8. The van der Waals surface area contributed by atoms with Crippen molar-refractivity contribution in [1.82, 2.24) is 0 Å². The van der Waals surface area contributed by atoms with Crippen molar-refractivity contribution in [2.24, 2.45) is 0 Å². The Bertz CT molecular complexity index is 744. The number of aryl methyl sites for hydroxylation is 2. The third kappa shape index (κ3) is 3.03. The van der Waals surface area contributed by atoms with Crippen molar-refractivity contribution in [2.75, 3.05) is 0 Å². The van der Waals surface area contributed by atoms with Crippen molar-refractivity contribution in [3.05, 3.63) is 59.7 Å². The van der Waals surface area contributed by atoms with E-state index in [0.717, 1.165) is 24.0 Å². The lowest BCUT2D eigenvalue weighted by atomic mass is 9.96. The average molecular weight is 294 g/mol. The van der Waals surface area contributed by atoms with Gasteiger partial charge in [0, 0.05) is 17.5 Å². The Kier molecular flexibility index (Phi) is 3.96. The van der Waals surface area contributed by atoms with E-state index in [9.17, 15) is 15.0 Å². The van der Waals surface area contributed by atoms with Gasteiger partial charge in [-0.15, -0.1) is 0 Å². The number of allylic oxidation sites excluding steroid dienone is 2. The quantitative estimate of drug-likeness (QED) is 0.777. The van der Waals surface area contributed by atoms with Crippen LogP contribution in [0.5, 0.6) is 11.5 Å². The number of carbonyl (C=O) groups excluding carboxylic acids is 1. The number of hydrogen-bond donors (Lipinski definition) is 2. The Hall–Kier alpha value is -2.55. The lowest BCUT2D eigenvalue weighted by Gasteiger charge is -2.11. The number of hydrogen-bond acceptors (Lipinski definition) is 3. The third-order valence-electron chi connectivity index (χ3n) is 3.98. The molecular formula is C19H18O3. The number of benzene rings is 2. The molecule has 0 amide bonds. The van der Waals surface area contributed by atoms with Gasteiger partial charge in [-0.3, -0.25) is 4.79 Å². The summed E-state index contributed by atoms with van der Waals surface area (Å²) in [4.78, 5) is 11.8. The Balaban J connectivity index is 2.12. The fraction of sp³-hybridized carbons (Fsp3) is 0.211. The molecule has 1 aliphatic carbocycles. The molecule has 112 valence electrons. The van der Waals surface area contributed by atoms with Crippen LogP contribution in [0.3, 0.4) is 0 Å². The van der Waals surface area contributed by atoms with Crippen LogP contribution in [0.15, 0.2) is 48.6 Å². The lowest BCUT2D eigenvalue weighted by Crippen LogP contribution is -1.96. The molecular weight excluding hydrogens is 276 g/mol. The predicted molar refractivity (Wildman–Crippen MR) is 86.0 cm³/mol. The number of aromatic hydroxyl groups is 2. The zero-order valence-electron chi connectivity index (χ0n) is 12.2. The van der Waals surface area contributed by atoms with E-state index in [1.807, 2.05) is 30.3 Å². The van der Waals surface area contributed by atoms with Crippen LogP contribution in [0.1, 0.15) is 24.0 Å². The summed E-state index contributed by atoms with van der Waals surface area (Å²) < 4.78 is 0. The molecule has 3 rings (SSSR count). The Labute approximate surface area is 129 Å². The Morgan fingerprint density at radius 1 is 0.773 bits per heavy atom. The highest BCUT2D eigenvalue weighted by Crippen LogP contribution is 2.37. The van der Waals surface area contributed by atoms with Crippen molar-refractivity contribution < 1.29 is 15.0 Å². The third-order valence-corrected chi connectivity index (χ3v) is 3.98. The van der Waals surface area contributed by atoms with Gasteiger partial charge in [-0.05, 0) is 60.7 Å². The molecule has 1 aliphatic rings. The summed E-state index contributed by atoms with van der Waals surface area (Å²) in [5.74, 6) is 0.400. The second kappa shape index (κ2) is 6.06. The predicted octanol–water partition coefficient (Wildman–Crippen LogP) is 3.77. The van der Waals surface area contributed by atoms with E-state index in [1.165, 1.54) is 0 Å². The largest absolute Gasteiger partial charge is 0.507 e. The highest BCUT2D eigenvalue weighted by molar-refractivity contribution is 5.89. The summed E-state index contributed by atoms with van der Waals surface area (Å²) in [7, 11) is 0. The molecule has 0 heterocycles. The first-order valence-electron chi connectivity index (χ1n) is 7.47. The number of rotatable bonds is 0. The molecule has 3 nitrogen and oxygen atoms in total. The van der Waals surface area contributed by atoms with E-state index in [-0.39, 0.29) is 17.3 Å². The number of phenolic OH excluding ortho intramolecular Hbond substituents is 2. The zero-order valence-corrected chi connectivity index (χ0v) is 12.2. The summed E-state index contributed by atoms with van der Waals surface area (Å²) in [6, 6.07) is 10.7. The monoisotopic (exact) mass is 294 g/mol. The minimum absolute atomic E-state index is 0.114. The molecule has 0 spiro atoms. The van der Waals surface area contributed by atoms with Crippen LogP contribution in [0.4, 0.5) is 0 Å². The topological polar surface area (TPSA) is 57.5 Å². The molecule has 2 aromatic rings. The van der Waals surface area contributed by atoms with E-state index >= 15 is 0 Å². The van der Waals surface area contributed by atoms with Crippen LogP contribution in [-0.4, -0.2) is 16.0 Å². The minimum Gasteiger partial charge on any atom is -0.507 e. The maximum Gasteiger partial charge on any atom is 0.155 e. The van der Waals surface area contributed by atoms with Gasteiger partial charge in [0.1, 0.15) is 11.5 Å². The van der Waals surface area contributed by atoms with Gasteiger partial charge in [0.15, 0.2) is 5.78 Å². The molecule has 22 heavy (non-hydrogen) atoms. The van der Waals surface area contributed by atoms with Crippen LogP contribution in [-0.2, 0) is 17.6 Å². The molecule has 2 aromatic carbocycles. The average Bonchev–Trinajstić information content (AvgIpc) is 2.52. The number of fused-ring (bicyclic) bond motifs is 5. The van der Waals surface area contributed by atoms with E-state index in [4.69, 9.17) is 0 Å². The molecule has 0 atom stereocenters. The summed E-state index contributed by atoms with van der Waals surface area (Å²) >= 11 is 0. The smallest absolute Gasteiger partial charge is 0.155 e. The molecule has 2 N–H and O–H groups in total. The second-order valence-electron chi connectivity index (χ2n) is 5.61. The highest BCUT2D eigenvalue weighted by Gasteiger charge is 2.12. The standard InChI is InChI=1S/C19H18O3/c20-15-4-2-1-3-13-6-9-18(21)16(11-13)17-12-14(5-8-15)7-10-19(17)22/h2,4,6-7,9-12,21-22H,1,3,5,8H2. The first-order chi connectivity index (χ1) is 10.6. The summed E-state index contributed by atoms with van der Waals surface area (Å²) in [6.45, 7) is 0. The van der Waals surface area contributed by atoms with Gasteiger partial charge in [-0.25, -0.2) is 0 Å². The fourth-order valence-electron chi connectivity index (χ4n) is 2.72. The van der Waals surface area contributed by atoms with E-state index in [2.05, 4.69) is 0 Å². The van der Waals surface area contributed by atoms with Gasteiger partial charge in [0.25, 0.3) is 0 Å². The highest BCUT2D eigenvalue weighted by atomic mass is 16.3. The summed E-state index contributed by atoms with van der Waals surface area (Å²) in [5.41, 5.74) is 3.27. The van der Waals surface area contributed by atoms with Crippen molar-refractivity contribution in [3.63, 3.8) is 0 Å². The maximum absolute atomic E-state index is 11.8. The molecule has 0 radical (unpaired) electrons. The first kappa shape index (κ1) is 14.4. The fourth-order valence-corrected chi connectivity index (χ4v) is 2.72. The number of ketones is 1. The van der Waals surface area contributed by atoms with Crippen LogP contribution >= 0.6 is 0 Å². The van der Waals surface area contributed by atoms with Crippen molar-refractivity contribution in [3.8, 4) is 22.6 Å². The van der Waals surface area contributed by atoms with Crippen molar-refractivity contribution in [1.29, 1.82) is 0 Å². The van der Waals surface area contributed by atoms with Gasteiger partial charge in [-0.1, -0.05) is 18.2 Å². The molecule has 0 aromatic heterocycles. The molecule has 3 heteroatoms. The van der Waals surface area contributed by atoms with Gasteiger partial charge in [0.05, 0.1) is 0 Å².